The predicted molar refractivity (Wildman–Crippen MR) is 112 cm³/mol. The quantitative estimate of drug-likeness (QED) is 0.394. The van der Waals surface area contributed by atoms with Gasteiger partial charge in [-0.05, 0) is 61.0 Å². The third-order valence-electron chi connectivity index (χ3n) is 4.24. The van der Waals surface area contributed by atoms with Gasteiger partial charge in [-0.2, -0.15) is 0 Å². The summed E-state index contributed by atoms with van der Waals surface area (Å²) in [5.41, 5.74) is 2.79. The van der Waals surface area contributed by atoms with Crippen LogP contribution in [0.4, 0.5) is 8.78 Å². The van der Waals surface area contributed by atoms with Gasteiger partial charge in [0.2, 0.25) is 0 Å². The van der Waals surface area contributed by atoms with Crippen LogP contribution in [0.2, 0.25) is 5.02 Å². The molecule has 146 valence electrons. The second-order valence-electron chi connectivity index (χ2n) is 6.33. The first-order valence-electron chi connectivity index (χ1n) is 8.81. The van der Waals surface area contributed by atoms with Crippen molar-refractivity contribution in [2.75, 3.05) is 6.54 Å². The van der Waals surface area contributed by atoms with Gasteiger partial charge >= 0.3 is 0 Å². The molecule has 0 fully saturated rings. The number of ether oxygens (including phenoxy) is 1. The molecule has 2 nitrogen and oxygen atoms in total. The zero-order chi connectivity index (χ0) is 19.9. The standard InChI is InChI=1S/C22H19BrClF2NO/c23-18-4-8-22(28-14-16-3-7-20(26)12-21(16)24)17(11-18)13-27-10-9-15-1-5-19(25)6-2-15/h1-8,11-12,27H,9-10,13-14H2. The van der Waals surface area contributed by atoms with E-state index in [2.05, 4.69) is 21.2 Å². The topological polar surface area (TPSA) is 21.3 Å². The zero-order valence-corrected chi connectivity index (χ0v) is 17.4. The van der Waals surface area contributed by atoms with E-state index in [4.69, 9.17) is 16.3 Å². The lowest BCUT2D eigenvalue weighted by molar-refractivity contribution is 0.302. The zero-order valence-electron chi connectivity index (χ0n) is 15.0. The second-order valence-corrected chi connectivity index (χ2v) is 7.65. The third-order valence-corrected chi connectivity index (χ3v) is 5.09. The second kappa shape index (κ2) is 10.0. The normalized spacial score (nSPS) is 10.9. The minimum atomic E-state index is -0.372. The van der Waals surface area contributed by atoms with Gasteiger partial charge in [-0.1, -0.05) is 45.7 Å². The van der Waals surface area contributed by atoms with E-state index in [1.807, 2.05) is 18.2 Å². The molecular weight excluding hydrogens is 448 g/mol. The van der Waals surface area contributed by atoms with Crippen molar-refractivity contribution in [3.8, 4) is 5.75 Å². The molecule has 0 aliphatic rings. The van der Waals surface area contributed by atoms with Crippen molar-refractivity contribution in [1.82, 2.24) is 5.32 Å². The van der Waals surface area contributed by atoms with E-state index in [0.717, 1.165) is 39.9 Å². The highest BCUT2D eigenvalue weighted by molar-refractivity contribution is 9.10. The molecule has 0 atom stereocenters. The van der Waals surface area contributed by atoms with Crippen molar-refractivity contribution in [2.45, 2.75) is 19.6 Å². The first-order valence-corrected chi connectivity index (χ1v) is 9.98. The van der Waals surface area contributed by atoms with Crippen LogP contribution in [-0.2, 0) is 19.6 Å². The first kappa shape index (κ1) is 20.8. The molecule has 1 N–H and O–H groups in total. The number of nitrogens with one attached hydrogen (secondary N) is 1. The maximum absolute atomic E-state index is 13.2. The van der Waals surface area contributed by atoms with Crippen LogP contribution in [0.25, 0.3) is 0 Å². The van der Waals surface area contributed by atoms with E-state index in [0.29, 0.717) is 11.6 Å². The van der Waals surface area contributed by atoms with Gasteiger partial charge in [-0.25, -0.2) is 8.78 Å². The molecule has 0 aliphatic heterocycles. The molecule has 0 bridgehead atoms. The molecule has 0 heterocycles. The van der Waals surface area contributed by atoms with Gasteiger partial charge in [0.25, 0.3) is 0 Å². The Balaban J connectivity index is 1.58. The Morgan fingerprint density at radius 1 is 0.893 bits per heavy atom. The van der Waals surface area contributed by atoms with Crippen molar-refractivity contribution in [3.05, 3.63) is 98.5 Å². The molecule has 0 aliphatic carbocycles. The SMILES string of the molecule is Fc1ccc(CCNCc2cc(Br)ccc2OCc2ccc(F)cc2Cl)cc1. The van der Waals surface area contributed by atoms with Crippen molar-refractivity contribution in [2.24, 2.45) is 0 Å². The lowest BCUT2D eigenvalue weighted by atomic mass is 10.1. The Kier molecular flexibility index (Phi) is 7.43. The largest absolute Gasteiger partial charge is 0.489 e. The third kappa shape index (κ3) is 6.03. The number of benzene rings is 3. The summed E-state index contributed by atoms with van der Waals surface area (Å²) >= 11 is 9.55. The lowest BCUT2D eigenvalue weighted by Gasteiger charge is -2.14. The highest BCUT2D eigenvalue weighted by Crippen LogP contribution is 2.25. The summed E-state index contributed by atoms with van der Waals surface area (Å²) < 4.78 is 33.0. The minimum Gasteiger partial charge on any atom is -0.489 e. The Morgan fingerprint density at radius 3 is 2.39 bits per heavy atom. The van der Waals surface area contributed by atoms with E-state index in [1.165, 1.54) is 24.3 Å². The molecule has 0 spiro atoms. The highest BCUT2D eigenvalue weighted by Gasteiger charge is 2.08. The Labute approximate surface area is 176 Å². The molecule has 6 heteroatoms. The van der Waals surface area contributed by atoms with Crippen LogP contribution in [0.5, 0.6) is 5.75 Å². The number of hydrogen-bond acceptors (Lipinski definition) is 2. The van der Waals surface area contributed by atoms with Gasteiger partial charge in [0.15, 0.2) is 0 Å². The summed E-state index contributed by atoms with van der Waals surface area (Å²) in [6.07, 6.45) is 0.801. The fourth-order valence-corrected chi connectivity index (χ4v) is 3.36. The Bertz CT molecular complexity index is 934. The van der Waals surface area contributed by atoms with Gasteiger partial charge in [0.05, 0.1) is 5.02 Å². The molecule has 0 aromatic heterocycles. The molecule has 0 radical (unpaired) electrons. The smallest absolute Gasteiger partial charge is 0.124 e. The average Bonchev–Trinajstić information content (AvgIpc) is 2.67. The average molecular weight is 467 g/mol. The molecule has 0 saturated carbocycles. The maximum Gasteiger partial charge on any atom is 0.124 e. The van der Waals surface area contributed by atoms with Crippen LogP contribution in [0.1, 0.15) is 16.7 Å². The maximum atomic E-state index is 13.2. The summed E-state index contributed by atoms with van der Waals surface area (Å²) in [6.45, 7) is 1.62. The predicted octanol–water partition coefficient (Wildman–Crippen LogP) is 6.29. The van der Waals surface area contributed by atoms with Crippen LogP contribution in [0, 0.1) is 11.6 Å². The fraction of sp³-hybridized carbons (Fsp3) is 0.182. The molecule has 0 unspecified atom stereocenters. The van der Waals surface area contributed by atoms with Crippen molar-refractivity contribution in [1.29, 1.82) is 0 Å². The first-order chi connectivity index (χ1) is 13.5. The molecule has 3 aromatic carbocycles. The van der Waals surface area contributed by atoms with Crippen LogP contribution in [0.3, 0.4) is 0 Å². The summed E-state index contributed by atoms with van der Waals surface area (Å²) in [4.78, 5) is 0. The van der Waals surface area contributed by atoms with Gasteiger partial charge in [-0.3, -0.25) is 0 Å². The summed E-state index contributed by atoms with van der Waals surface area (Å²) in [7, 11) is 0. The monoisotopic (exact) mass is 465 g/mol. The molecular formula is C22H19BrClF2NO. The Hall–Kier alpha value is -1.95. The molecule has 3 rings (SSSR count). The van der Waals surface area contributed by atoms with Crippen LogP contribution in [-0.4, -0.2) is 6.54 Å². The fourth-order valence-electron chi connectivity index (χ4n) is 2.73. The molecule has 28 heavy (non-hydrogen) atoms. The van der Waals surface area contributed by atoms with E-state index in [1.54, 1.807) is 18.2 Å². The lowest BCUT2D eigenvalue weighted by Crippen LogP contribution is -2.17. The summed E-state index contributed by atoms with van der Waals surface area (Å²) in [5, 5.41) is 3.72. The molecule has 3 aromatic rings. The number of rotatable bonds is 8. The number of hydrogen-bond donors (Lipinski definition) is 1. The van der Waals surface area contributed by atoms with Crippen LogP contribution < -0.4 is 10.1 Å². The van der Waals surface area contributed by atoms with Crippen molar-refractivity contribution in [3.63, 3.8) is 0 Å². The van der Waals surface area contributed by atoms with E-state index in [9.17, 15) is 8.78 Å². The van der Waals surface area contributed by atoms with Gasteiger partial charge in [-0.15, -0.1) is 0 Å². The highest BCUT2D eigenvalue weighted by atomic mass is 79.9. The Morgan fingerprint density at radius 2 is 1.64 bits per heavy atom. The van der Waals surface area contributed by atoms with Gasteiger partial charge < -0.3 is 10.1 Å². The van der Waals surface area contributed by atoms with Crippen LogP contribution in [0.15, 0.2) is 65.1 Å². The number of halogens is 4. The summed E-state index contributed by atoms with van der Waals surface area (Å²) in [5.74, 6) is 0.134. The minimum absolute atomic E-state index is 0.228. The van der Waals surface area contributed by atoms with E-state index < -0.39 is 0 Å². The van der Waals surface area contributed by atoms with Crippen molar-refractivity contribution >= 4 is 27.5 Å². The summed E-state index contributed by atoms with van der Waals surface area (Å²) in [6, 6.07) is 16.6. The van der Waals surface area contributed by atoms with Gasteiger partial charge in [0.1, 0.15) is 24.0 Å². The van der Waals surface area contributed by atoms with Crippen LogP contribution >= 0.6 is 27.5 Å². The van der Waals surface area contributed by atoms with E-state index in [-0.39, 0.29) is 18.2 Å². The van der Waals surface area contributed by atoms with Crippen molar-refractivity contribution < 1.29 is 13.5 Å². The van der Waals surface area contributed by atoms with Gasteiger partial charge in [0, 0.05) is 22.1 Å². The molecule has 0 amide bonds. The van der Waals surface area contributed by atoms with E-state index >= 15 is 0 Å². The molecule has 0 saturated heterocycles.